The third kappa shape index (κ3) is 5.06. The Balaban J connectivity index is 1.75. The van der Waals surface area contributed by atoms with Crippen LogP contribution in [0.15, 0.2) is 35.2 Å². The molecule has 2 heteroatoms. The van der Waals surface area contributed by atoms with Gasteiger partial charge in [0, 0.05) is 6.42 Å². The number of aliphatic hydroxyl groups excluding tert-OH is 1. The lowest BCUT2D eigenvalue weighted by Gasteiger charge is -2.44. The molecule has 3 aliphatic carbocycles. The quantitative estimate of drug-likeness (QED) is 0.478. The number of fused-ring (bicyclic) bond motifs is 1. The molecule has 0 heterocycles. The Morgan fingerprint density at radius 3 is 2.69 bits per heavy atom. The van der Waals surface area contributed by atoms with Gasteiger partial charge in [0.1, 0.15) is 5.83 Å². The highest BCUT2D eigenvalue weighted by molar-refractivity contribution is 5.39. The van der Waals surface area contributed by atoms with Gasteiger partial charge in [0.2, 0.25) is 0 Å². The molecule has 29 heavy (non-hydrogen) atoms. The van der Waals surface area contributed by atoms with Gasteiger partial charge in [-0.25, -0.2) is 4.39 Å². The van der Waals surface area contributed by atoms with E-state index in [0.717, 1.165) is 29.7 Å². The van der Waals surface area contributed by atoms with Crippen LogP contribution >= 0.6 is 0 Å². The van der Waals surface area contributed by atoms with Crippen molar-refractivity contribution in [2.24, 2.45) is 29.1 Å². The van der Waals surface area contributed by atoms with Crippen molar-refractivity contribution in [1.29, 1.82) is 0 Å². The van der Waals surface area contributed by atoms with E-state index in [1.807, 2.05) is 6.08 Å². The van der Waals surface area contributed by atoms with Crippen molar-refractivity contribution in [1.82, 2.24) is 0 Å². The average Bonchev–Trinajstić information content (AvgIpc) is 3.01. The smallest absolute Gasteiger partial charge is 0.126 e. The summed E-state index contributed by atoms with van der Waals surface area (Å²) in [7, 11) is 0. The second-order valence-electron chi connectivity index (χ2n) is 10.9. The Labute approximate surface area is 178 Å². The summed E-state index contributed by atoms with van der Waals surface area (Å²) >= 11 is 0. The lowest BCUT2D eigenvalue weighted by atomic mass is 9.60. The van der Waals surface area contributed by atoms with Crippen LogP contribution < -0.4 is 0 Å². The fraction of sp³-hybridized carbons (Fsp3) is 0.778. The minimum Gasteiger partial charge on any atom is -0.393 e. The summed E-state index contributed by atoms with van der Waals surface area (Å²) in [5.74, 6) is 2.73. The number of rotatable bonds is 6. The zero-order valence-corrected chi connectivity index (χ0v) is 19.3. The second kappa shape index (κ2) is 9.50. The summed E-state index contributed by atoms with van der Waals surface area (Å²) in [5, 5.41) is 9.98. The number of allylic oxidation sites excluding steroid dienone is 4. The van der Waals surface area contributed by atoms with Crippen LogP contribution in [0, 0.1) is 29.1 Å². The first kappa shape index (κ1) is 22.8. The zero-order chi connectivity index (χ0) is 21.2. The van der Waals surface area contributed by atoms with E-state index in [9.17, 15) is 5.11 Å². The van der Waals surface area contributed by atoms with Crippen LogP contribution in [0.1, 0.15) is 98.3 Å². The maximum atomic E-state index is 15.2. The van der Waals surface area contributed by atoms with Crippen molar-refractivity contribution in [3.8, 4) is 0 Å². The Kier molecular flexibility index (Phi) is 7.46. The van der Waals surface area contributed by atoms with Gasteiger partial charge in [0.15, 0.2) is 0 Å². The fourth-order valence-corrected chi connectivity index (χ4v) is 6.73. The first-order valence-electron chi connectivity index (χ1n) is 12.2. The van der Waals surface area contributed by atoms with Gasteiger partial charge in [-0.2, -0.15) is 0 Å². The SMILES string of the molecule is C=C1CC[C@H](O)C/C1=C(F)\C=C1/CCC[C@]2(C)[C@@H]([C@H](C)CCCC(C)C)CC[C@@H]12. The van der Waals surface area contributed by atoms with Gasteiger partial charge in [-0.15, -0.1) is 0 Å². The molecule has 0 bridgehead atoms. The van der Waals surface area contributed by atoms with Gasteiger partial charge < -0.3 is 5.11 Å². The highest BCUT2D eigenvalue weighted by atomic mass is 19.1. The molecule has 0 aromatic rings. The molecule has 0 unspecified atom stereocenters. The van der Waals surface area contributed by atoms with Crippen LogP contribution in [-0.4, -0.2) is 11.2 Å². The van der Waals surface area contributed by atoms with Crippen molar-refractivity contribution >= 4 is 0 Å². The third-order valence-electron chi connectivity index (χ3n) is 8.41. The average molecular weight is 403 g/mol. The van der Waals surface area contributed by atoms with Gasteiger partial charge in [-0.05, 0) is 91.3 Å². The molecule has 0 aliphatic heterocycles. The maximum absolute atomic E-state index is 15.2. The number of hydrogen-bond donors (Lipinski definition) is 1. The minimum absolute atomic E-state index is 0.124. The van der Waals surface area contributed by atoms with Gasteiger partial charge in [-0.3, -0.25) is 0 Å². The van der Waals surface area contributed by atoms with Crippen LogP contribution in [0.5, 0.6) is 0 Å². The predicted octanol–water partition coefficient (Wildman–Crippen LogP) is 7.92. The lowest BCUT2D eigenvalue weighted by molar-refractivity contribution is 0.0927. The summed E-state index contributed by atoms with van der Waals surface area (Å²) in [5.41, 5.74) is 3.20. The second-order valence-corrected chi connectivity index (χ2v) is 10.9. The molecule has 3 aliphatic rings. The Hall–Kier alpha value is -0.890. The van der Waals surface area contributed by atoms with Crippen molar-refractivity contribution in [2.75, 3.05) is 0 Å². The molecule has 0 aromatic heterocycles. The fourth-order valence-electron chi connectivity index (χ4n) is 6.73. The number of aliphatic hydroxyl groups is 1. The first-order valence-corrected chi connectivity index (χ1v) is 12.2. The van der Waals surface area contributed by atoms with E-state index in [0.29, 0.717) is 36.2 Å². The maximum Gasteiger partial charge on any atom is 0.126 e. The van der Waals surface area contributed by atoms with Gasteiger partial charge in [0.25, 0.3) is 0 Å². The summed E-state index contributed by atoms with van der Waals surface area (Å²) in [4.78, 5) is 0. The van der Waals surface area contributed by atoms with Crippen LogP contribution in [0.4, 0.5) is 4.39 Å². The molecule has 1 nitrogen and oxygen atoms in total. The molecule has 3 fully saturated rings. The zero-order valence-electron chi connectivity index (χ0n) is 19.3. The summed E-state index contributed by atoms with van der Waals surface area (Å²) in [6.45, 7) is 13.7. The minimum atomic E-state index is -0.418. The van der Waals surface area contributed by atoms with Crippen LogP contribution in [0.2, 0.25) is 0 Å². The highest BCUT2D eigenvalue weighted by Crippen LogP contribution is 2.60. The van der Waals surface area contributed by atoms with E-state index in [2.05, 4.69) is 34.3 Å². The van der Waals surface area contributed by atoms with Gasteiger partial charge >= 0.3 is 0 Å². The van der Waals surface area contributed by atoms with Crippen molar-refractivity contribution in [3.05, 3.63) is 35.2 Å². The molecule has 0 radical (unpaired) electrons. The first-order chi connectivity index (χ1) is 13.7. The Morgan fingerprint density at radius 1 is 1.21 bits per heavy atom. The van der Waals surface area contributed by atoms with E-state index >= 15 is 4.39 Å². The third-order valence-corrected chi connectivity index (χ3v) is 8.41. The molecule has 1 N–H and O–H groups in total. The molecule has 0 aromatic carbocycles. The van der Waals surface area contributed by atoms with Crippen molar-refractivity contribution in [3.63, 3.8) is 0 Å². The van der Waals surface area contributed by atoms with E-state index in [-0.39, 0.29) is 5.83 Å². The van der Waals surface area contributed by atoms with Crippen LogP contribution in [0.25, 0.3) is 0 Å². The summed E-state index contributed by atoms with van der Waals surface area (Å²) in [6, 6.07) is 0. The predicted molar refractivity (Wildman–Crippen MR) is 121 cm³/mol. The van der Waals surface area contributed by atoms with E-state index < -0.39 is 6.10 Å². The van der Waals surface area contributed by atoms with E-state index in [4.69, 9.17) is 0 Å². The number of hydrogen-bond acceptors (Lipinski definition) is 1. The van der Waals surface area contributed by atoms with Crippen molar-refractivity contribution < 1.29 is 9.50 Å². The molecule has 0 saturated heterocycles. The summed E-state index contributed by atoms with van der Waals surface area (Å²) < 4.78 is 15.2. The molecular formula is C27H43FO. The van der Waals surface area contributed by atoms with E-state index in [1.165, 1.54) is 50.5 Å². The van der Waals surface area contributed by atoms with Crippen LogP contribution in [-0.2, 0) is 0 Å². The largest absolute Gasteiger partial charge is 0.393 e. The summed E-state index contributed by atoms with van der Waals surface area (Å²) in [6.07, 6.45) is 13.3. The normalized spacial score (nSPS) is 37.1. The monoisotopic (exact) mass is 402 g/mol. The van der Waals surface area contributed by atoms with Gasteiger partial charge in [0.05, 0.1) is 6.10 Å². The number of halogens is 1. The molecule has 3 rings (SSSR count). The lowest BCUT2D eigenvalue weighted by Crippen LogP contribution is -2.36. The Bertz CT molecular complexity index is 657. The molecule has 164 valence electrons. The van der Waals surface area contributed by atoms with Gasteiger partial charge in [-0.1, -0.05) is 59.1 Å². The topological polar surface area (TPSA) is 20.2 Å². The van der Waals surface area contributed by atoms with Crippen LogP contribution in [0.3, 0.4) is 0 Å². The van der Waals surface area contributed by atoms with E-state index in [1.54, 1.807) is 0 Å². The Morgan fingerprint density at radius 2 is 1.97 bits per heavy atom. The molecule has 5 atom stereocenters. The molecular weight excluding hydrogens is 359 g/mol. The molecule has 3 saturated carbocycles. The van der Waals surface area contributed by atoms with Crippen molar-refractivity contribution in [2.45, 2.75) is 104 Å². The molecule has 0 amide bonds. The highest BCUT2D eigenvalue weighted by Gasteiger charge is 2.50. The molecule has 0 spiro atoms. The standard InChI is InChI=1S/C27H43FO/c1-18(2)8-6-9-20(4)24-13-14-25-21(10-7-15-27(24,25)5)16-26(28)23-17-22(29)12-11-19(23)3/h16,18,20,22,24-25,29H,3,6-15,17H2,1-2,4-5H3/b21-16+,26-23-/t20-,22+,24-,25+,27-/m1/s1.